The predicted octanol–water partition coefficient (Wildman–Crippen LogP) is 1.42. The fraction of sp³-hybridized carbons (Fsp3) is 0.636. The van der Waals surface area contributed by atoms with Crippen molar-refractivity contribution in [3.8, 4) is 0 Å². The first kappa shape index (κ1) is 13.1. The van der Waals surface area contributed by atoms with Gasteiger partial charge in [-0.05, 0) is 38.0 Å². The lowest BCUT2D eigenvalue weighted by Gasteiger charge is -2.28. The van der Waals surface area contributed by atoms with Crippen LogP contribution in [0.5, 0.6) is 0 Å². The molecule has 16 heavy (non-hydrogen) atoms. The molecule has 1 aliphatic rings. The van der Waals surface area contributed by atoms with Gasteiger partial charge < -0.3 is 10.4 Å². The molecule has 1 unspecified atom stereocenters. The standard InChI is InChI=1S/C11H17NO3S/c1-3-9(13)12-11(2,10(14)15)7-8-5-4-6-16-8/h3,8H,1,4-7H2,2H3,(H,12,13)(H,14,15)/t8?,11-/m0/s1. The van der Waals surface area contributed by atoms with Gasteiger partial charge in [-0.25, -0.2) is 4.79 Å². The molecule has 0 aliphatic carbocycles. The first-order chi connectivity index (χ1) is 7.48. The van der Waals surface area contributed by atoms with E-state index < -0.39 is 17.4 Å². The van der Waals surface area contributed by atoms with Crippen molar-refractivity contribution in [3.05, 3.63) is 12.7 Å². The molecule has 1 aliphatic heterocycles. The average Bonchev–Trinajstić information content (AvgIpc) is 2.69. The molecule has 0 radical (unpaired) electrons. The highest BCUT2D eigenvalue weighted by Crippen LogP contribution is 2.32. The van der Waals surface area contributed by atoms with Crippen molar-refractivity contribution in [2.75, 3.05) is 5.75 Å². The van der Waals surface area contributed by atoms with E-state index in [2.05, 4.69) is 11.9 Å². The molecule has 0 bridgehead atoms. The van der Waals surface area contributed by atoms with Crippen LogP contribution >= 0.6 is 11.8 Å². The molecule has 1 amide bonds. The van der Waals surface area contributed by atoms with E-state index in [1.807, 2.05) is 0 Å². The van der Waals surface area contributed by atoms with Gasteiger partial charge in [0, 0.05) is 5.25 Å². The van der Waals surface area contributed by atoms with Crippen LogP contribution in [0.2, 0.25) is 0 Å². The summed E-state index contributed by atoms with van der Waals surface area (Å²) in [5.41, 5.74) is -1.19. The van der Waals surface area contributed by atoms with E-state index in [0.29, 0.717) is 11.7 Å². The van der Waals surface area contributed by atoms with Gasteiger partial charge in [-0.15, -0.1) is 0 Å². The van der Waals surface area contributed by atoms with Crippen LogP contribution < -0.4 is 5.32 Å². The van der Waals surface area contributed by atoms with Crippen LogP contribution in [0.15, 0.2) is 12.7 Å². The molecule has 5 heteroatoms. The average molecular weight is 243 g/mol. The lowest BCUT2D eigenvalue weighted by molar-refractivity contribution is -0.146. The summed E-state index contributed by atoms with van der Waals surface area (Å²) in [5.74, 6) is -0.349. The molecule has 1 rings (SSSR count). The van der Waals surface area contributed by atoms with Crippen LogP contribution in [-0.4, -0.2) is 33.5 Å². The first-order valence-electron chi connectivity index (χ1n) is 5.27. The summed E-state index contributed by atoms with van der Waals surface area (Å²) in [7, 11) is 0. The third kappa shape index (κ3) is 3.27. The minimum absolute atomic E-state index is 0.325. The molecule has 90 valence electrons. The van der Waals surface area contributed by atoms with Crippen molar-refractivity contribution in [1.82, 2.24) is 5.32 Å². The zero-order valence-corrected chi connectivity index (χ0v) is 10.2. The second-order valence-corrected chi connectivity index (χ2v) is 5.58. The van der Waals surface area contributed by atoms with Gasteiger partial charge in [-0.2, -0.15) is 11.8 Å². The number of carbonyl (C=O) groups excluding carboxylic acids is 1. The maximum Gasteiger partial charge on any atom is 0.329 e. The van der Waals surface area contributed by atoms with Crippen molar-refractivity contribution < 1.29 is 14.7 Å². The van der Waals surface area contributed by atoms with E-state index in [1.165, 1.54) is 0 Å². The second kappa shape index (κ2) is 5.39. The highest BCUT2D eigenvalue weighted by molar-refractivity contribution is 8.00. The molecule has 2 atom stereocenters. The zero-order chi connectivity index (χ0) is 12.2. The summed E-state index contributed by atoms with van der Waals surface area (Å²) < 4.78 is 0. The van der Waals surface area contributed by atoms with Gasteiger partial charge in [-0.1, -0.05) is 6.58 Å². The number of hydrogen-bond acceptors (Lipinski definition) is 3. The number of aliphatic carboxylic acids is 1. The Labute approximate surface area is 99.5 Å². The topological polar surface area (TPSA) is 66.4 Å². The maximum absolute atomic E-state index is 11.2. The van der Waals surface area contributed by atoms with Crippen molar-refractivity contribution in [1.29, 1.82) is 0 Å². The Bertz CT molecular complexity index is 300. The summed E-state index contributed by atoms with van der Waals surface area (Å²) in [6.07, 6.45) is 3.72. The number of carboxylic acids is 1. The van der Waals surface area contributed by atoms with Gasteiger partial charge in [-0.3, -0.25) is 4.79 Å². The van der Waals surface area contributed by atoms with Crippen LogP contribution in [0.1, 0.15) is 26.2 Å². The number of nitrogens with one attached hydrogen (secondary N) is 1. The Kier molecular flexibility index (Phi) is 4.41. The SMILES string of the molecule is C=CC(=O)N[C@@](C)(CC1CCCS1)C(=O)O. The molecular formula is C11H17NO3S. The zero-order valence-electron chi connectivity index (χ0n) is 9.36. The van der Waals surface area contributed by atoms with Gasteiger partial charge in [0.15, 0.2) is 0 Å². The second-order valence-electron chi connectivity index (χ2n) is 4.17. The number of thioether (sulfide) groups is 1. The third-order valence-electron chi connectivity index (χ3n) is 2.72. The lowest BCUT2D eigenvalue weighted by atomic mass is 9.94. The molecule has 0 saturated carbocycles. The Morgan fingerprint density at radius 1 is 1.69 bits per heavy atom. The van der Waals surface area contributed by atoms with E-state index in [9.17, 15) is 14.7 Å². The van der Waals surface area contributed by atoms with E-state index in [-0.39, 0.29) is 0 Å². The smallest absolute Gasteiger partial charge is 0.329 e. The molecule has 0 aromatic carbocycles. The van der Waals surface area contributed by atoms with Crippen molar-refractivity contribution in [2.24, 2.45) is 0 Å². The maximum atomic E-state index is 11.2. The molecule has 1 heterocycles. The number of carbonyl (C=O) groups is 2. The third-order valence-corrected chi connectivity index (χ3v) is 4.11. The molecule has 0 spiro atoms. The van der Waals surface area contributed by atoms with E-state index in [4.69, 9.17) is 0 Å². The van der Waals surface area contributed by atoms with Crippen LogP contribution in [0.3, 0.4) is 0 Å². The monoisotopic (exact) mass is 243 g/mol. The predicted molar refractivity (Wildman–Crippen MR) is 64.5 cm³/mol. The highest BCUT2D eigenvalue weighted by atomic mass is 32.2. The van der Waals surface area contributed by atoms with Crippen LogP contribution in [0.4, 0.5) is 0 Å². The van der Waals surface area contributed by atoms with Gasteiger partial charge in [0.25, 0.3) is 0 Å². The van der Waals surface area contributed by atoms with Crippen molar-refractivity contribution >= 4 is 23.6 Å². The Balaban J connectivity index is 2.66. The largest absolute Gasteiger partial charge is 0.480 e. The lowest BCUT2D eigenvalue weighted by Crippen LogP contribution is -2.53. The summed E-state index contributed by atoms with van der Waals surface area (Å²) in [6.45, 7) is 4.88. The molecule has 1 saturated heterocycles. The van der Waals surface area contributed by atoms with Crippen LogP contribution in [-0.2, 0) is 9.59 Å². The molecule has 0 aromatic rings. The minimum Gasteiger partial charge on any atom is -0.480 e. The Morgan fingerprint density at radius 3 is 2.81 bits per heavy atom. The number of carboxylic acid groups (broad SMARTS) is 1. The fourth-order valence-electron chi connectivity index (χ4n) is 1.78. The van der Waals surface area contributed by atoms with Crippen LogP contribution in [0.25, 0.3) is 0 Å². The van der Waals surface area contributed by atoms with Crippen molar-refractivity contribution in [2.45, 2.75) is 37.0 Å². The Morgan fingerprint density at radius 2 is 2.38 bits per heavy atom. The van der Waals surface area contributed by atoms with Crippen molar-refractivity contribution in [3.63, 3.8) is 0 Å². The first-order valence-corrected chi connectivity index (χ1v) is 6.32. The summed E-state index contributed by atoms with van der Waals surface area (Å²) >= 11 is 1.78. The summed E-state index contributed by atoms with van der Waals surface area (Å²) in [4.78, 5) is 22.4. The number of hydrogen-bond donors (Lipinski definition) is 2. The molecule has 2 N–H and O–H groups in total. The Hall–Kier alpha value is -0.970. The summed E-state index contributed by atoms with van der Waals surface area (Å²) in [6, 6.07) is 0. The van der Waals surface area contributed by atoms with Gasteiger partial charge in [0.2, 0.25) is 5.91 Å². The van der Waals surface area contributed by atoms with Crippen LogP contribution in [0, 0.1) is 0 Å². The van der Waals surface area contributed by atoms with E-state index in [1.54, 1.807) is 18.7 Å². The normalized spacial score (nSPS) is 23.4. The molecule has 0 aromatic heterocycles. The van der Waals surface area contributed by atoms with Gasteiger partial charge in [0.1, 0.15) is 5.54 Å². The van der Waals surface area contributed by atoms with Gasteiger partial charge in [0.05, 0.1) is 0 Å². The van der Waals surface area contributed by atoms with Gasteiger partial charge >= 0.3 is 5.97 Å². The molecular weight excluding hydrogens is 226 g/mol. The van der Waals surface area contributed by atoms with E-state index in [0.717, 1.165) is 24.7 Å². The molecule has 4 nitrogen and oxygen atoms in total. The summed E-state index contributed by atoms with van der Waals surface area (Å²) in [5, 5.41) is 12.0. The highest BCUT2D eigenvalue weighted by Gasteiger charge is 2.37. The minimum atomic E-state index is -1.19. The quantitative estimate of drug-likeness (QED) is 0.717. The number of rotatable bonds is 5. The molecule has 1 fully saturated rings. The number of amides is 1. The fourth-order valence-corrected chi connectivity index (χ4v) is 3.23. The van der Waals surface area contributed by atoms with E-state index >= 15 is 0 Å².